The maximum atomic E-state index is 12.2. The molecule has 21 heavy (non-hydrogen) atoms. The van der Waals surface area contributed by atoms with Crippen LogP contribution in [0.15, 0.2) is 24.3 Å². The van der Waals surface area contributed by atoms with E-state index >= 15 is 0 Å². The minimum absolute atomic E-state index is 0.295. The monoisotopic (exact) mass is 302 g/mol. The quantitative estimate of drug-likeness (QED) is 0.843. The molecule has 0 saturated heterocycles. The number of fused-ring (bicyclic) bond motifs is 1. The first-order valence-electron chi connectivity index (χ1n) is 7.77. The molecule has 1 heterocycles. The van der Waals surface area contributed by atoms with Crippen molar-refractivity contribution < 1.29 is 4.79 Å². The highest BCUT2D eigenvalue weighted by molar-refractivity contribution is 8.00. The number of nitrogens with zero attached hydrogens (tertiary/aromatic N) is 2. The van der Waals surface area contributed by atoms with Crippen molar-refractivity contribution in [2.75, 3.05) is 5.75 Å². The number of hydrogen-bond donors (Lipinski definition) is 0. The van der Waals surface area contributed by atoms with Gasteiger partial charge in [-0.05, 0) is 25.0 Å². The van der Waals surface area contributed by atoms with Crippen LogP contribution in [0.3, 0.4) is 0 Å². The van der Waals surface area contributed by atoms with Crippen molar-refractivity contribution in [3.8, 4) is 0 Å². The highest BCUT2D eigenvalue weighted by Gasteiger charge is 2.17. The Bertz CT molecular complexity index is 629. The number of carbonyl (C=O) groups is 1. The second kappa shape index (κ2) is 6.65. The summed E-state index contributed by atoms with van der Waals surface area (Å²) in [6.45, 7) is 0. The lowest BCUT2D eigenvalue weighted by Gasteiger charge is -2.20. The van der Waals surface area contributed by atoms with Crippen LogP contribution in [0.25, 0.3) is 11.0 Å². The summed E-state index contributed by atoms with van der Waals surface area (Å²) in [5, 5.41) is 0.697. The summed E-state index contributed by atoms with van der Waals surface area (Å²) in [4.78, 5) is 16.8. The van der Waals surface area contributed by atoms with Crippen LogP contribution in [0.4, 0.5) is 0 Å². The van der Waals surface area contributed by atoms with Gasteiger partial charge >= 0.3 is 0 Å². The third-order valence-corrected chi connectivity index (χ3v) is 5.70. The molecule has 0 bridgehead atoms. The van der Waals surface area contributed by atoms with Crippen molar-refractivity contribution in [2.45, 2.75) is 43.8 Å². The molecule has 2 aromatic rings. The topological polar surface area (TPSA) is 34.9 Å². The van der Waals surface area contributed by atoms with Crippen LogP contribution in [0.2, 0.25) is 0 Å². The molecule has 1 aromatic heterocycles. The summed E-state index contributed by atoms with van der Waals surface area (Å²) in [5.74, 6) is 1.81. The molecule has 3 rings (SSSR count). The van der Waals surface area contributed by atoms with E-state index in [0.717, 1.165) is 16.9 Å². The van der Waals surface area contributed by atoms with Crippen molar-refractivity contribution in [3.05, 3.63) is 30.1 Å². The maximum absolute atomic E-state index is 12.2. The summed E-state index contributed by atoms with van der Waals surface area (Å²) in [5.41, 5.74) is 2.07. The van der Waals surface area contributed by atoms with Crippen molar-refractivity contribution >= 4 is 28.6 Å². The smallest absolute Gasteiger partial charge is 0.150 e. The van der Waals surface area contributed by atoms with E-state index in [1.807, 2.05) is 47.6 Å². The average Bonchev–Trinajstić information content (AvgIpc) is 2.83. The van der Waals surface area contributed by atoms with E-state index < -0.39 is 0 Å². The fourth-order valence-corrected chi connectivity index (χ4v) is 4.21. The van der Waals surface area contributed by atoms with Gasteiger partial charge in [-0.25, -0.2) is 4.98 Å². The minimum Gasteiger partial charge on any atom is -0.331 e. The third-order valence-electron chi connectivity index (χ3n) is 4.27. The first kappa shape index (κ1) is 14.6. The Labute approximate surface area is 130 Å². The highest BCUT2D eigenvalue weighted by Crippen LogP contribution is 2.28. The number of hydrogen-bond acceptors (Lipinski definition) is 3. The second-order valence-electron chi connectivity index (χ2n) is 5.86. The van der Waals surface area contributed by atoms with Crippen molar-refractivity contribution in [3.63, 3.8) is 0 Å². The highest BCUT2D eigenvalue weighted by atomic mass is 32.2. The molecule has 0 aliphatic heterocycles. The van der Waals surface area contributed by atoms with Gasteiger partial charge in [0.05, 0.1) is 23.2 Å². The van der Waals surface area contributed by atoms with Crippen molar-refractivity contribution in [1.82, 2.24) is 9.55 Å². The van der Waals surface area contributed by atoms with Crippen LogP contribution < -0.4 is 0 Å². The van der Waals surface area contributed by atoms with E-state index in [1.54, 1.807) is 0 Å². The number of aryl methyl sites for hydroxylation is 1. The zero-order chi connectivity index (χ0) is 14.7. The molecular formula is C17H22N2OS. The van der Waals surface area contributed by atoms with E-state index in [2.05, 4.69) is 4.98 Å². The number of Topliss-reactive ketones (excluding diaryl/α,β-unsaturated/α-hetero) is 1. The zero-order valence-corrected chi connectivity index (χ0v) is 13.4. The molecule has 1 aliphatic carbocycles. The van der Waals surface area contributed by atoms with E-state index in [0.29, 0.717) is 23.2 Å². The Kier molecular flexibility index (Phi) is 4.63. The van der Waals surface area contributed by atoms with E-state index in [9.17, 15) is 4.79 Å². The summed E-state index contributed by atoms with van der Waals surface area (Å²) in [6.07, 6.45) is 7.04. The number of aromatic nitrogens is 2. The van der Waals surface area contributed by atoms with Crippen LogP contribution in [-0.2, 0) is 18.3 Å². The molecule has 112 valence electrons. The fraction of sp³-hybridized carbons (Fsp3) is 0.529. The average molecular weight is 302 g/mol. The predicted molar refractivity (Wildman–Crippen MR) is 88.8 cm³/mol. The van der Waals surface area contributed by atoms with Crippen LogP contribution in [0, 0.1) is 0 Å². The SMILES string of the molecule is Cn1c(CC(=O)CSC2CCCCC2)nc2ccccc21. The van der Waals surface area contributed by atoms with Gasteiger partial charge < -0.3 is 4.57 Å². The standard InChI is InChI=1S/C17H22N2OS/c1-19-16-10-6-5-9-15(16)18-17(19)11-13(20)12-21-14-7-3-2-4-8-14/h5-6,9-10,14H,2-4,7-8,11-12H2,1H3. The van der Waals surface area contributed by atoms with Gasteiger partial charge in [0.25, 0.3) is 0 Å². The number of benzene rings is 1. The Morgan fingerprint density at radius 2 is 2.05 bits per heavy atom. The van der Waals surface area contributed by atoms with Gasteiger partial charge in [0.2, 0.25) is 0 Å². The van der Waals surface area contributed by atoms with E-state index in [1.165, 1.54) is 32.1 Å². The second-order valence-corrected chi connectivity index (χ2v) is 7.15. The van der Waals surface area contributed by atoms with Gasteiger partial charge in [-0.1, -0.05) is 31.4 Å². The first-order chi connectivity index (χ1) is 10.2. The van der Waals surface area contributed by atoms with Crippen molar-refractivity contribution in [1.29, 1.82) is 0 Å². The van der Waals surface area contributed by atoms with Crippen LogP contribution in [0.1, 0.15) is 37.9 Å². The lowest BCUT2D eigenvalue weighted by atomic mass is 10.0. The summed E-state index contributed by atoms with van der Waals surface area (Å²) in [7, 11) is 1.99. The number of carbonyl (C=O) groups excluding carboxylic acids is 1. The van der Waals surface area contributed by atoms with Gasteiger partial charge in [-0.15, -0.1) is 0 Å². The molecule has 0 spiro atoms. The Balaban J connectivity index is 1.59. The predicted octanol–water partition coefficient (Wildman–Crippen LogP) is 3.75. The van der Waals surface area contributed by atoms with Crippen molar-refractivity contribution in [2.24, 2.45) is 7.05 Å². The molecule has 4 heteroatoms. The Hall–Kier alpha value is -1.29. The molecule has 3 nitrogen and oxygen atoms in total. The number of ketones is 1. The lowest BCUT2D eigenvalue weighted by molar-refractivity contribution is -0.116. The molecule has 1 fully saturated rings. The minimum atomic E-state index is 0.295. The normalized spacial score (nSPS) is 16.4. The first-order valence-corrected chi connectivity index (χ1v) is 8.82. The fourth-order valence-electron chi connectivity index (χ4n) is 3.02. The van der Waals surface area contributed by atoms with Gasteiger partial charge in [-0.3, -0.25) is 4.79 Å². The summed E-state index contributed by atoms with van der Waals surface area (Å²) in [6, 6.07) is 8.04. The molecule has 0 N–H and O–H groups in total. The van der Waals surface area contributed by atoms with Gasteiger partial charge in [0, 0.05) is 12.3 Å². The summed E-state index contributed by atoms with van der Waals surface area (Å²) >= 11 is 1.85. The van der Waals surface area contributed by atoms with Crippen LogP contribution in [-0.4, -0.2) is 26.3 Å². The molecule has 1 aromatic carbocycles. The van der Waals surface area contributed by atoms with E-state index in [4.69, 9.17) is 0 Å². The van der Waals surface area contributed by atoms with Gasteiger partial charge in [0.15, 0.2) is 0 Å². The van der Waals surface area contributed by atoms with Crippen LogP contribution in [0.5, 0.6) is 0 Å². The van der Waals surface area contributed by atoms with Crippen LogP contribution >= 0.6 is 11.8 Å². The van der Waals surface area contributed by atoms with Gasteiger partial charge in [-0.2, -0.15) is 11.8 Å². The third kappa shape index (κ3) is 3.49. The molecule has 0 amide bonds. The Morgan fingerprint density at radius 1 is 1.29 bits per heavy atom. The molecule has 0 unspecified atom stereocenters. The molecule has 1 aliphatic rings. The molecular weight excluding hydrogens is 280 g/mol. The number of para-hydroxylation sites is 2. The lowest BCUT2D eigenvalue weighted by Crippen LogP contribution is -2.15. The largest absolute Gasteiger partial charge is 0.331 e. The molecule has 1 saturated carbocycles. The zero-order valence-electron chi connectivity index (χ0n) is 12.5. The van der Waals surface area contributed by atoms with Gasteiger partial charge in [0.1, 0.15) is 11.6 Å². The maximum Gasteiger partial charge on any atom is 0.150 e. The molecule has 0 atom stereocenters. The number of imidazole rings is 1. The number of rotatable bonds is 5. The number of thioether (sulfide) groups is 1. The summed E-state index contributed by atoms with van der Waals surface area (Å²) < 4.78 is 2.04. The Morgan fingerprint density at radius 3 is 2.81 bits per heavy atom. The molecule has 0 radical (unpaired) electrons. The van der Waals surface area contributed by atoms with E-state index in [-0.39, 0.29) is 0 Å².